The molecule has 0 spiro atoms. The van der Waals surface area contributed by atoms with Crippen LogP contribution in [0.25, 0.3) is 0 Å². The molecule has 6 nitrogen and oxygen atoms in total. The highest BCUT2D eigenvalue weighted by molar-refractivity contribution is 6.44. The number of rotatable bonds is 3. The van der Waals surface area contributed by atoms with E-state index in [0.717, 1.165) is 0 Å². The van der Waals surface area contributed by atoms with Crippen molar-refractivity contribution in [1.82, 2.24) is 0 Å². The Morgan fingerprint density at radius 3 is 2.77 bits per heavy atom. The normalized spacial score (nSPS) is 39.2. The van der Waals surface area contributed by atoms with Gasteiger partial charge in [0.15, 0.2) is 23.3 Å². The third-order valence-corrected chi connectivity index (χ3v) is 4.35. The van der Waals surface area contributed by atoms with Crippen molar-refractivity contribution in [1.29, 1.82) is 0 Å². The van der Waals surface area contributed by atoms with Gasteiger partial charge in [-0.05, 0) is 12.1 Å². The predicted molar refractivity (Wildman–Crippen MR) is 74.4 cm³/mol. The lowest BCUT2D eigenvalue weighted by Crippen LogP contribution is -2.40. The maximum Gasteiger partial charge on any atom is 0.338 e. The summed E-state index contributed by atoms with van der Waals surface area (Å²) in [7, 11) is 0. The molecule has 0 aliphatic carbocycles. The molecule has 5 rings (SSSR count). The van der Waals surface area contributed by atoms with Crippen LogP contribution in [0.3, 0.4) is 0 Å². The number of halogens is 2. The van der Waals surface area contributed by atoms with E-state index in [0.29, 0.717) is 5.56 Å². The third kappa shape index (κ3) is 2.22. The van der Waals surface area contributed by atoms with Crippen LogP contribution in [-0.2, 0) is 23.7 Å². The Morgan fingerprint density at radius 2 is 2.05 bits per heavy atom. The molecule has 118 valence electrons. The molecule has 0 amide bonds. The van der Waals surface area contributed by atoms with Gasteiger partial charge in [0.2, 0.25) is 0 Å². The largest absolute Gasteiger partial charge is 0.453 e. The first-order valence-corrected chi connectivity index (χ1v) is 7.65. The highest BCUT2D eigenvalue weighted by Gasteiger charge is 2.65. The van der Waals surface area contributed by atoms with E-state index >= 15 is 0 Å². The SMILES string of the molecule is O=C(O[C@H]1[C@H]2O[C@]3(C(Cl)Cl)OC[C@H]1O[C@H]2O3)c1ccccc1. The van der Waals surface area contributed by atoms with Gasteiger partial charge in [-0.2, -0.15) is 0 Å². The Balaban J connectivity index is 1.54. The highest BCUT2D eigenvalue weighted by atomic mass is 35.5. The monoisotopic (exact) mass is 346 g/mol. The molecule has 4 aliphatic rings. The van der Waals surface area contributed by atoms with Crippen molar-refractivity contribution < 1.29 is 28.5 Å². The minimum Gasteiger partial charge on any atom is -0.453 e. The fourth-order valence-corrected chi connectivity index (χ4v) is 3.10. The molecule has 0 saturated carbocycles. The van der Waals surface area contributed by atoms with Gasteiger partial charge in [-0.1, -0.05) is 41.4 Å². The average Bonchev–Trinajstić information content (AvgIpc) is 2.87. The summed E-state index contributed by atoms with van der Waals surface area (Å²) in [5, 5.41) is 0. The first-order valence-electron chi connectivity index (χ1n) is 6.78. The van der Waals surface area contributed by atoms with E-state index in [4.69, 9.17) is 46.9 Å². The molecule has 1 aromatic rings. The van der Waals surface area contributed by atoms with Crippen LogP contribution < -0.4 is 0 Å². The van der Waals surface area contributed by atoms with Crippen molar-refractivity contribution in [3.8, 4) is 0 Å². The van der Waals surface area contributed by atoms with Crippen LogP contribution in [0.1, 0.15) is 10.4 Å². The van der Waals surface area contributed by atoms with E-state index in [1.165, 1.54) is 0 Å². The predicted octanol–water partition coefficient (Wildman–Crippen LogP) is 1.84. The zero-order valence-electron chi connectivity index (χ0n) is 11.2. The zero-order chi connectivity index (χ0) is 15.3. The second-order valence-corrected chi connectivity index (χ2v) is 6.29. The van der Waals surface area contributed by atoms with Crippen molar-refractivity contribution in [3.63, 3.8) is 0 Å². The van der Waals surface area contributed by atoms with Gasteiger partial charge in [0.1, 0.15) is 6.10 Å². The molecule has 4 heterocycles. The van der Waals surface area contributed by atoms with Crippen molar-refractivity contribution >= 4 is 29.2 Å². The molecule has 8 heteroatoms. The van der Waals surface area contributed by atoms with Gasteiger partial charge in [0, 0.05) is 0 Å². The topological polar surface area (TPSA) is 63.2 Å². The molecule has 4 fully saturated rings. The Kier molecular flexibility index (Phi) is 3.56. The minimum absolute atomic E-state index is 0.107. The van der Waals surface area contributed by atoms with Crippen LogP contribution in [0.4, 0.5) is 0 Å². The van der Waals surface area contributed by atoms with Crippen LogP contribution in [0.15, 0.2) is 30.3 Å². The quantitative estimate of drug-likeness (QED) is 0.614. The summed E-state index contributed by atoms with van der Waals surface area (Å²) < 4.78 is 27.8. The molecule has 4 bridgehead atoms. The first-order chi connectivity index (χ1) is 10.6. The molecule has 0 unspecified atom stereocenters. The molecule has 0 N–H and O–H groups in total. The van der Waals surface area contributed by atoms with Crippen molar-refractivity contribution in [2.75, 3.05) is 6.61 Å². The number of esters is 1. The van der Waals surface area contributed by atoms with E-state index in [9.17, 15) is 4.79 Å². The highest BCUT2D eigenvalue weighted by Crippen LogP contribution is 2.47. The summed E-state index contributed by atoms with van der Waals surface area (Å²) in [4.78, 5) is 11.2. The number of benzene rings is 1. The van der Waals surface area contributed by atoms with Crippen molar-refractivity contribution in [3.05, 3.63) is 35.9 Å². The summed E-state index contributed by atoms with van der Waals surface area (Å²) in [6, 6.07) is 8.68. The number of hydrogen-bond acceptors (Lipinski definition) is 6. The Hall–Kier alpha value is -0.890. The van der Waals surface area contributed by atoms with Crippen molar-refractivity contribution in [2.24, 2.45) is 0 Å². The lowest BCUT2D eigenvalue weighted by Gasteiger charge is -2.25. The number of hydrogen-bond donors (Lipinski definition) is 0. The third-order valence-electron chi connectivity index (χ3n) is 3.82. The molecule has 0 aromatic heterocycles. The van der Waals surface area contributed by atoms with Crippen LogP contribution in [0.2, 0.25) is 0 Å². The summed E-state index contributed by atoms with van der Waals surface area (Å²) in [5.41, 5.74) is 0.447. The molecule has 1 aromatic carbocycles. The van der Waals surface area contributed by atoms with Gasteiger partial charge in [-0.15, -0.1) is 0 Å². The van der Waals surface area contributed by atoms with E-state index < -0.39 is 41.4 Å². The number of carbonyl (C=O) groups is 1. The molecule has 5 atom stereocenters. The van der Waals surface area contributed by atoms with Gasteiger partial charge in [0.05, 0.1) is 12.2 Å². The molecular formula is C14H12Cl2O6. The number of fused-ring (bicyclic) bond motifs is 1. The second-order valence-electron chi connectivity index (χ2n) is 5.19. The summed E-state index contributed by atoms with van der Waals surface area (Å²) in [5.74, 6) is -2.03. The fraction of sp³-hybridized carbons (Fsp3) is 0.500. The minimum atomic E-state index is -1.57. The zero-order valence-corrected chi connectivity index (χ0v) is 12.7. The van der Waals surface area contributed by atoms with Gasteiger partial charge in [-0.25, -0.2) is 4.79 Å². The van der Waals surface area contributed by atoms with Crippen LogP contribution in [-0.4, -0.2) is 48.0 Å². The maximum atomic E-state index is 12.2. The van der Waals surface area contributed by atoms with Crippen molar-refractivity contribution in [2.45, 2.75) is 35.4 Å². The molecule has 22 heavy (non-hydrogen) atoms. The molecular weight excluding hydrogens is 335 g/mol. The summed E-state index contributed by atoms with van der Waals surface area (Å²) in [6.07, 6.45) is -2.48. The lowest BCUT2D eigenvalue weighted by atomic mass is 10.1. The van der Waals surface area contributed by atoms with Gasteiger partial charge >= 0.3 is 11.9 Å². The Labute approximate surface area is 136 Å². The van der Waals surface area contributed by atoms with Crippen LogP contribution >= 0.6 is 23.2 Å². The second kappa shape index (κ2) is 5.33. The molecule has 0 radical (unpaired) electrons. The smallest absolute Gasteiger partial charge is 0.338 e. The molecule has 4 saturated heterocycles. The van der Waals surface area contributed by atoms with E-state index in [1.807, 2.05) is 6.07 Å². The average molecular weight is 347 g/mol. The van der Waals surface area contributed by atoms with E-state index in [-0.39, 0.29) is 6.61 Å². The number of ether oxygens (including phenoxy) is 5. The number of alkyl halides is 2. The molecule has 4 aliphatic heterocycles. The summed E-state index contributed by atoms with van der Waals surface area (Å²) in [6.45, 7) is 0.107. The van der Waals surface area contributed by atoms with Crippen LogP contribution in [0.5, 0.6) is 0 Å². The van der Waals surface area contributed by atoms with E-state index in [2.05, 4.69) is 0 Å². The standard InChI is InChI=1S/C14H12Cl2O6/c15-13(16)14-18-6-8-9(10(21-14)12(19-8)22-14)20-11(17)7-4-2-1-3-5-7/h1-5,8-10,12-13H,6H2/t8-,9-,10-,12+,14+/m1/s1. The Bertz CT molecular complexity index is 582. The first kappa shape index (κ1) is 14.7. The Morgan fingerprint density at radius 1 is 1.27 bits per heavy atom. The van der Waals surface area contributed by atoms with Gasteiger partial charge in [0.25, 0.3) is 0 Å². The van der Waals surface area contributed by atoms with Crippen LogP contribution in [0, 0.1) is 0 Å². The lowest BCUT2D eigenvalue weighted by molar-refractivity contribution is -0.328. The maximum absolute atomic E-state index is 12.2. The van der Waals surface area contributed by atoms with Gasteiger partial charge < -0.3 is 18.9 Å². The number of carbonyl (C=O) groups excluding carboxylic acids is 1. The van der Waals surface area contributed by atoms with E-state index in [1.54, 1.807) is 24.3 Å². The van der Waals surface area contributed by atoms with Gasteiger partial charge in [-0.3, -0.25) is 4.74 Å². The summed E-state index contributed by atoms with van der Waals surface area (Å²) >= 11 is 11.7. The fourth-order valence-electron chi connectivity index (χ4n) is 2.77.